The van der Waals surface area contributed by atoms with Gasteiger partial charge in [0.2, 0.25) is 0 Å². The van der Waals surface area contributed by atoms with Crippen molar-refractivity contribution in [1.29, 1.82) is 0 Å². The Labute approximate surface area is 37.1 Å². The van der Waals surface area contributed by atoms with E-state index in [1.54, 1.807) is 7.11 Å². The molecule has 0 amide bonds. The zero-order valence-corrected chi connectivity index (χ0v) is 3.72. The number of methoxy groups -OCH3 is 1. The lowest BCUT2D eigenvalue weighted by atomic mass is 10.7. The molecule has 6 heavy (non-hydrogen) atoms. The summed E-state index contributed by atoms with van der Waals surface area (Å²) in [6, 6.07) is 0. The smallest absolute Gasteiger partial charge is 0.0774 e. The first-order valence-corrected chi connectivity index (χ1v) is 1.70. The highest BCUT2D eigenvalue weighted by Crippen LogP contribution is 1.66. The van der Waals surface area contributed by atoms with Crippen molar-refractivity contribution in [1.82, 2.24) is 0 Å². The Bertz CT molecular complexity index is 40.8. The van der Waals surface area contributed by atoms with Crippen LogP contribution in [-0.4, -0.2) is 18.8 Å². The van der Waals surface area contributed by atoms with Crippen molar-refractivity contribution in [2.24, 2.45) is 0 Å². The van der Waals surface area contributed by atoms with Gasteiger partial charge in [0.15, 0.2) is 0 Å². The molecule has 0 aliphatic heterocycles. The Morgan fingerprint density at radius 3 is 2.67 bits per heavy atom. The van der Waals surface area contributed by atoms with E-state index < -0.39 is 0 Å². The minimum Gasteiger partial charge on any atom is -0.516 e. The molecule has 0 aromatic rings. The topological polar surface area (TPSA) is 29.5 Å². The monoisotopic (exact) mass is 88.1 g/mol. The van der Waals surface area contributed by atoms with E-state index in [2.05, 4.69) is 4.74 Å². The Kier molecular flexibility index (Phi) is 4.12. The fourth-order valence-electron chi connectivity index (χ4n) is 0.139. The molecule has 0 radical (unpaired) electrons. The predicted molar refractivity (Wildman–Crippen MR) is 23.6 cm³/mol. The molecule has 0 aliphatic rings. The normalized spacial score (nSPS) is 10.2. The van der Waals surface area contributed by atoms with Crippen LogP contribution in [0.4, 0.5) is 0 Å². The van der Waals surface area contributed by atoms with E-state index in [1.165, 1.54) is 6.08 Å². The van der Waals surface area contributed by atoms with E-state index in [1.807, 2.05) is 0 Å². The Balaban J connectivity index is 2.66. The van der Waals surface area contributed by atoms with Crippen molar-refractivity contribution >= 4 is 0 Å². The fourth-order valence-corrected chi connectivity index (χ4v) is 0.139. The maximum atomic E-state index is 7.94. The van der Waals surface area contributed by atoms with E-state index in [-0.39, 0.29) is 0 Å². The maximum Gasteiger partial charge on any atom is 0.0774 e. The molecule has 0 spiro atoms. The molecule has 0 fully saturated rings. The average molecular weight is 88.1 g/mol. The van der Waals surface area contributed by atoms with Crippen LogP contribution in [0.2, 0.25) is 0 Å². The average Bonchev–Trinajstić information content (AvgIpc) is 1.61. The summed E-state index contributed by atoms with van der Waals surface area (Å²) in [5.41, 5.74) is 0. The van der Waals surface area contributed by atoms with Gasteiger partial charge in [-0.05, 0) is 6.08 Å². The molecule has 36 valence electrons. The van der Waals surface area contributed by atoms with Crippen LogP contribution in [0.3, 0.4) is 0 Å². The van der Waals surface area contributed by atoms with Crippen LogP contribution in [0.1, 0.15) is 0 Å². The van der Waals surface area contributed by atoms with Crippen molar-refractivity contribution in [2.45, 2.75) is 0 Å². The summed E-state index contributed by atoms with van der Waals surface area (Å²) < 4.78 is 4.54. The van der Waals surface area contributed by atoms with E-state index in [0.29, 0.717) is 6.61 Å². The predicted octanol–water partition coefficient (Wildman–Crippen LogP) is 0.705. The van der Waals surface area contributed by atoms with Crippen molar-refractivity contribution in [3.05, 3.63) is 12.3 Å². The van der Waals surface area contributed by atoms with Crippen LogP contribution >= 0.6 is 0 Å². The number of hydrogen-bond donors (Lipinski definition) is 1. The van der Waals surface area contributed by atoms with Gasteiger partial charge in [-0.3, -0.25) is 0 Å². The lowest BCUT2D eigenvalue weighted by Crippen LogP contribution is -1.78. The number of aliphatic hydroxyl groups is 1. The summed E-state index contributed by atoms with van der Waals surface area (Å²) in [6.45, 7) is 0.483. The van der Waals surface area contributed by atoms with Gasteiger partial charge in [0.25, 0.3) is 0 Å². The zero-order chi connectivity index (χ0) is 4.83. The molecule has 0 unspecified atom stereocenters. The van der Waals surface area contributed by atoms with Crippen LogP contribution < -0.4 is 0 Å². The lowest BCUT2D eigenvalue weighted by molar-refractivity contribution is 0.231. The van der Waals surface area contributed by atoms with Gasteiger partial charge in [-0.25, -0.2) is 0 Å². The molecule has 1 N–H and O–H groups in total. The van der Waals surface area contributed by atoms with Crippen molar-refractivity contribution in [3.63, 3.8) is 0 Å². The van der Waals surface area contributed by atoms with Gasteiger partial charge in [-0.15, -0.1) is 0 Å². The first kappa shape index (κ1) is 5.50. The molecule has 0 atom stereocenters. The molecule has 0 rings (SSSR count). The molecule has 0 aromatic carbocycles. The molecule has 0 aromatic heterocycles. The number of aliphatic hydroxyl groups excluding tert-OH is 1. The third-order valence-electron chi connectivity index (χ3n) is 0.368. The lowest BCUT2D eigenvalue weighted by Gasteiger charge is -1.81. The zero-order valence-electron chi connectivity index (χ0n) is 3.72. The first-order valence-electron chi connectivity index (χ1n) is 1.70. The molecule has 2 nitrogen and oxygen atoms in total. The van der Waals surface area contributed by atoms with Gasteiger partial charge in [0.1, 0.15) is 0 Å². The summed E-state index contributed by atoms with van der Waals surface area (Å²) >= 11 is 0. The van der Waals surface area contributed by atoms with Crippen molar-refractivity contribution < 1.29 is 9.84 Å². The minimum atomic E-state index is 0.483. The molecular formula is C4H8O2. The summed E-state index contributed by atoms with van der Waals surface area (Å²) in [4.78, 5) is 0. The number of hydrogen-bond acceptors (Lipinski definition) is 2. The van der Waals surface area contributed by atoms with Crippen LogP contribution in [0.25, 0.3) is 0 Å². The summed E-state index contributed by atoms with van der Waals surface area (Å²) in [6.07, 6.45) is 2.48. The second-order valence-electron chi connectivity index (χ2n) is 0.840. The van der Waals surface area contributed by atoms with Crippen LogP contribution in [-0.2, 0) is 4.74 Å². The van der Waals surface area contributed by atoms with Crippen molar-refractivity contribution in [2.75, 3.05) is 13.7 Å². The molecular weight excluding hydrogens is 80.0 g/mol. The third kappa shape index (κ3) is 3.50. The highest BCUT2D eigenvalue weighted by Gasteiger charge is 1.63. The largest absolute Gasteiger partial charge is 0.516 e. The molecule has 0 saturated heterocycles. The Morgan fingerprint density at radius 1 is 1.83 bits per heavy atom. The second-order valence-corrected chi connectivity index (χ2v) is 0.840. The van der Waals surface area contributed by atoms with E-state index in [0.717, 1.165) is 6.26 Å². The van der Waals surface area contributed by atoms with Crippen LogP contribution in [0, 0.1) is 0 Å². The molecule has 0 bridgehead atoms. The summed E-state index contributed by atoms with van der Waals surface area (Å²) in [5, 5.41) is 7.94. The van der Waals surface area contributed by atoms with Crippen LogP contribution in [0.5, 0.6) is 0 Å². The SMILES string of the molecule is COC/C=C/O. The van der Waals surface area contributed by atoms with Crippen molar-refractivity contribution in [3.8, 4) is 0 Å². The third-order valence-corrected chi connectivity index (χ3v) is 0.368. The minimum absolute atomic E-state index is 0.483. The fraction of sp³-hybridized carbons (Fsp3) is 0.500. The summed E-state index contributed by atoms with van der Waals surface area (Å²) in [7, 11) is 1.57. The van der Waals surface area contributed by atoms with Gasteiger partial charge >= 0.3 is 0 Å². The van der Waals surface area contributed by atoms with E-state index in [4.69, 9.17) is 5.11 Å². The standard InChI is InChI=1S/C4H8O2/c1-6-4-2-3-5/h2-3,5H,4H2,1H3/b3-2+. The van der Waals surface area contributed by atoms with Gasteiger partial charge in [-0.2, -0.15) is 0 Å². The van der Waals surface area contributed by atoms with E-state index >= 15 is 0 Å². The molecule has 0 heterocycles. The number of rotatable bonds is 2. The van der Waals surface area contributed by atoms with Gasteiger partial charge < -0.3 is 9.84 Å². The van der Waals surface area contributed by atoms with Gasteiger partial charge in [0.05, 0.1) is 12.9 Å². The Hall–Kier alpha value is -0.500. The second kappa shape index (κ2) is 4.50. The molecule has 0 saturated carbocycles. The first-order chi connectivity index (χ1) is 2.91. The quantitative estimate of drug-likeness (QED) is 0.503. The molecule has 2 heteroatoms. The van der Waals surface area contributed by atoms with E-state index in [9.17, 15) is 0 Å². The highest BCUT2D eigenvalue weighted by molar-refractivity contribution is 4.69. The Morgan fingerprint density at radius 2 is 2.50 bits per heavy atom. The number of ether oxygens (including phenoxy) is 1. The molecule has 0 aliphatic carbocycles. The van der Waals surface area contributed by atoms with Crippen LogP contribution in [0.15, 0.2) is 12.3 Å². The highest BCUT2D eigenvalue weighted by atomic mass is 16.5. The maximum absolute atomic E-state index is 7.94. The van der Waals surface area contributed by atoms with Gasteiger partial charge in [0, 0.05) is 7.11 Å². The summed E-state index contributed by atoms with van der Waals surface area (Å²) in [5.74, 6) is 0. The van der Waals surface area contributed by atoms with Gasteiger partial charge in [-0.1, -0.05) is 0 Å².